The zero-order valence-electron chi connectivity index (χ0n) is 14.3. The van der Waals surface area contributed by atoms with Crippen molar-refractivity contribution < 1.29 is 32.9 Å². The molecule has 136 valence electrons. The van der Waals surface area contributed by atoms with Crippen LogP contribution in [0.3, 0.4) is 0 Å². The number of ether oxygens (including phenoxy) is 5. The average molecular weight is 366 g/mol. The normalized spacial score (nSPS) is 24.6. The van der Waals surface area contributed by atoms with E-state index in [1.54, 1.807) is 24.5 Å². The summed E-state index contributed by atoms with van der Waals surface area (Å²) in [7, 11) is 1.50. The third-order valence-electron chi connectivity index (χ3n) is 5.46. The first-order valence-electron chi connectivity index (χ1n) is 8.56. The highest BCUT2D eigenvalue weighted by atomic mass is 16.7. The Labute approximate surface area is 153 Å². The molecule has 3 aliphatic heterocycles. The predicted molar refractivity (Wildman–Crippen MR) is 91.7 cm³/mol. The number of carbonyl (C=O) groups excluding carboxylic acids is 1. The van der Waals surface area contributed by atoms with E-state index in [9.17, 15) is 4.79 Å². The largest absolute Gasteiger partial charge is 0.489 e. The SMILES string of the molecule is CO[C@@]12C(=O)c3ccc4ccoc4c3O[C@@H]1COc1cc3c(cc12)OCO3. The Morgan fingerprint density at radius 1 is 1.07 bits per heavy atom. The van der Waals surface area contributed by atoms with Crippen molar-refractivity contribution >= 4 is 16.8 Å². The van der Waals surface area contributed by atoms with Crippen LogP contribution in [-0.2, 0) is 10.3 Å². The summed E-state index contributed by atoms with van der Waals surface area (Å²) >= 11 is 0. The van der Waals surface area contributed by atoms with Gasteiger partial charge in [0.15, 0.2) is 34.5 Å². The third kappa shape index (κ3) is 1.72. The standard InChI is InChI=1S/C20H14O7/c1-22-20-12-6-14-15(26-9-25-14)7-13(12)24-8-16(20)27-18-11(19(20)21)3-2-10-4-5-23-17(10)18/h2-7,16H,8-9H2,1H3/t16-,20-/m1/s1. The summed E-state index contributed by atoms with van der Waals surface area (Å²) in [4.78, 5) is 13.7. The van der Waals surface area contributed by atoms with Gasteiger partial charge >= 0.3 is 0 Å². The fourth-order valence-corrected chi connectivity index (χ4v) is 4.15. The highest BCUT2D eigenvalue weighted by molar-refractivity contribution is 6.10. The van der Waals surface area contributed by atoms with Crippen LogP contribution in [-0.4, -0.2) is 32.4 Å². The summed E-state index contributed by atoms with van der Waals surface area (Å²) in [5.41, 5.74) is 0.200. The molecule has 3 aromatic rings. The van der Waals surface area contributed by atoms with Crippen LogP contribution in [0.5, 0.6) is 23.0 Å². The lowest BCUT2D eigenvalue weighted by Gasteiger charge is -2.45. The second kappa shape index (κ2) is 4.95. The van der Waals surface area contributed by atoms with Gasteiger partial charge in [-0.2, -0.15) is 0 Å². The van der Waals surface area contributed by atoms with Gasteiger partial charge in [-0.3, -0.25) is 4.79 Å². The molecule has 4 heterocycles. The molecule has 7 nitrogen and oxygen atoms in total. The van der Waals surface area contributed by atoms with Gasteiger partial charge in [0.1, 0.15) is 12.4 Å². The summed E-state index contributed by atoms with van der Waals surface area (Å²) in [6.07, 6.45) is 0.913. The van der Waals surface area contributed by atoms with Gasteiger partial charge in [-0.1, -0.05) is 6.07 Å². The van der Waals surface area contributed by atoms with Gasteiger partial charge in [0, 0.05) is 24.1 Å². The summed E-state index contributed by atoms with van der Waals surface area (Å²) in [5.74, 6) is 1.89. The topological polar surface area (TPSA) is 76.4 Å². The summed E-state index contributed by atoms with van der Waals surface area (Å²) < 4.78 is 34.4. The zero-order valence-corrected chi connectivity index (χ0v) is 14.3. The molecule has 0 saturated carbocycles. The molecule has 0 N–H and O–H groups in total. The van der Waals surface area contributed by atoms with Gasteiger partial charge in [-0.25, -0.2) is 0 Å². The van der Waals surface area contributed by atoms with Crippen LogP contribution in [0.1, 0.15) is 15.9 Å². The molecule has 0 amide bonds. The molecule has 1 aromatic heterocycles. The number of fused-ring (bicyclic) bond motifs is 7. The number of hydrogen-bond donors (Lipinski definition) is 0. The van der Waals surface area contributed by atoms with E-state index >= 15 is 0 Å². The highest BCUT2D eigenvalue weighted by Crippen LogP contribution is 2.52. The average Bonchev–Trinajstić information content (AvgIpc) is 3.35. The number of Topliss-reactive ketones (excluding diaryl/α,β-unsaturated/α-hetero) is 1. The molecule has 7 heteroatoms. The molecule has 0 radical (unpaired) electrons. The second-order valence-electron chi connectivity index (χ2n) is 6.67. The van der Waals surface area contributed by atoms with Crippen LogP contribution < -0.4 is 18.9 Å². The van der Waals surface area contributed by atoms with Crippen molar-refractivity contribution in [1.29, 1.82) is 0 Å². The molecule has 0 fully saturated rings. The molecular formula is C20H14O7. The second-order valence-corrected chi connectivity index (χ2v) is 6.67. The van der Waals surface area contributed by atoms with Crippen molar-refractivity contribution in [2.75, 3.05) is 20.5 Å². The van der Waals surface area contributed by atoms with Crippen LogP contribution in [0.25, 0.3) is 11.0 Å². The molecule has 2 atom stereocenters. The maximum atomic E-state index is 13.7. The lowest BCUT2D eigenvalue weighted by molar-refractivity contribution is -0.102. The van der Waals surface area contributed by atoms with Gasteiger partial charge < -0.3 is 28.1 Å². The summed E-state index contributed by atoms with van der Waals surface area (Å²) in [6, 6.07) is 8.88. The molecule has 0 unspecified atom stereocenters. The Balaban J connectivity index is 1.61. The molecule has 0 saturated heterocycles. The Hall–Kier alpha value is -3.19. The number of methoxy groups -OCH3 is 1. The van der Waals surface area contributed by atoms with Crippen molar-refractivity contribution in [3.63, 3.8) is 0 Å². The van der Waals surface area contributed by atoms with E-state index in [0.717, 1.165) is 5.39 Å². The number of carbonyl (C=O) groups is 1. The number of benzene rings is 2. The number of ketones is 1. The van der Waals surface area contributed by atoms with Crippen molar-refractivity contribution in [1.82, 2.24) is 0 Å². The summed E-state index contributed by atoms with van der Waals surface area (Å²) in [5, 5.41) is 0.868. The van der Waals surface area contributed by atoms with Crippen molar-refractivity contribution in [2.45, 2.75) is 11.7 Å². The first-order chi connectivity index (χ1) is 13.2. The first kappa shape index (κ1) is 14.9. The fourth-order valence-electron chi connectivity index (χ4n) is 4.15. The molecule has 6 rings (SSSR count). The Morgan fingerprint density at radius 2 is 1.93 bits per heavy atom. The van der Waals surface area contributed by atoms with Crippen LogP contribution in [0.4, 0.5) is 0 Å². The van der Waals surface area contributed by atoms with Crippen molar-refractivity contribution in [3.8, 4) is 23.0 Å². The van der Waals surface area contributed by atoms with Crippen molar-refractivity contribution in [3.05, 3.63) is 47.7 Å². The lowest BCUT2D eigenvalue weighted by Crippen LogP contribution is -2.58. The Morgan fingerprint density at radius 3 is 2.78 bits per heavy atom. The Kier molecular flexibility index (Phi) is 2.74. The quantitative estimate of drug-likeness (QED) is 0.655. The van der Waals surface area contributed by atoms with Gasteiger partial charge in [-0.15, -0.1) is 0 Å². The van der Waals surface area contributed by atoms with E-state index in [-0.39, 0.29) is 19.2 Å². The molecule has 2 aromatic carbocycles. The van der Waals surface area contributed by atoms with Gasteiger partial charge in [-0.05, 0) is 18.2 Å². The summed E-state index contributed by atoms with van der Waals surface area (Å²) in [6.45, 7) is 0.286. The maximum Gasteiger partial charge on any atom is 0.231 e. The number of furan rings is 1. The van der Waals surface area contributed by atoms with E-state index in [1.165, 1.54) is 7.11 Å². The van der Waals surface area contributed by atoms with Gasteiger partial charge in [0.05, 0.1) is 11.8 Å². The van der Waals surface area contributed by atoms with Gasteiger partial charge in [0.25, 0.3) is 0 Å². The minimum atomic E-state index is -1.33. The highest BCUT2D eigenvalue weighted by Gasteiger charge is 2.58. The monoisotopic (exact) mass is 366 g/mol. The van der Waals surface area contributed by atoms with Crippen LogP contribution in [0, 0.1) is 0 Å². The van der Waals surface area contributed by atoms with E-state index < -0.39 is 11.7 Å². The van der Waals surface area contributed by atoms with E-state index in [1.807, 2.05) is 12.1 Å². The predicted octanol–water partition coefficient (Wildman–Crippen LogP) is 3.04. The minimum Gasteiger partial charge on any atom is -0.489 e. The van der Waals surface area contributed by atoms with E-state index in [4.69, 9.17) is 28.1 Å². The van der Waals surface area contributed by atoms with Gasteiger partial charge in [0.2, 0.25) is 12.6 Å². The van der Waals surface area contributed by atoms with Crippen LogP contribution in [0.2, 0.25) is 0 Å². The molecule has 27 heavy (non-hydrogen) atoms. The number of rotatable bonds is 1. The molecule has 0 bridgehead atoms. The lowest BCUT2D eigenvalue weighted by atomic mass is 9.77. The zero-order chi connectivity index (χ0) is 18.2. The van der Waals surface area contributed by atoms with Crippen molar-refractivity contribution in [2.24, 2.45) is 0 Å². The van der Waals surface area contributed by atoms with E-state index in [0.29, 0.717) is 39.7 Å². The number of hydrogen-bond acceptors (Lipinski definition) is 7. The molecular weight excluding hydrogens is 352 g/mol. The van der Waals surface area contributed by atoms with Crippen LogP contribution in [0.15, 0.2) is 41.0 Å². The third-order valence-corrected chi connectivity index (χ3v) is 5.46. The minimum absolute atomic E-state index is 0.130. The molecule has 3 aliphatic rings. The molecule has 0 aliphatic carbocycles. The van der Waals surface area contributed by atoms with E-state index in [2.05, 4.69) is 0 Å². The van der Waals surface area contributed by atoms with Crippen LogP contribution >= 0.6 is 0 Å². The Bertz CT molecular complexity index is 1110. The molecule has 0 spiro atoms. The fraction of sp³-hybridized carbons (Fsp3) is 0.250. The smallest absolute Gasteiger partial charge is 0.231 e. The first-order valence-corrected chi connectivity index (χ1v) is 8.56. The maximum absolute atomic E-state index is 13.7.